The minimum absolute atomic E-state index is 0.294. The standard InChI is InChI=1S/C38H58N6O/c1-7-12-15-16-21-45-29-32-22-33(25-39)38(34(23-32)26-40)43-42-36-20-19-35(24-37(36)41-6)44(27-30(10-4)17-13-8-2)28-31(11-5)18-14-9-3/h19-20,22-24,30-31,41H,7-18,21,27-29H2,1-6H3. The molecule has 2 aromatic rings. The van der Waals surface area contributed by atoms with Gasteiger partial charge in [0.1, 0.15) is 23.5 Å². The number of ether oxygens (including phenoxy) is 1. The van der Waals surface area contributed by atoms with Crippen molar-refractivity contribution in [3.63, 3.8) is 0 Å². The molecule has 1 N–H and O–H groups in total. The van der Waals surface area contributed by atoms with Crippen LogP contribution >= 0.6 is 0 Å². The molecule has 2 rings (SSSR count). The van der Waals surface area contributed by atoms with Gasteiger partial charge in [0.25, 0.3) is 0 Å². The van der Waals surface area contributed by atoms with E-state index < -0.39 is 0 Å². The van der Waals surface area contributed by atoms with E-state index in [2.05, 4.69) is 79.3 Å². The molecule has 45 heavy (non-hydrogen) atoms. The van der Waals surface area contributed by atoms with Crippen LogP contribution in [0, 0.1) is 34.5 Å². The molecule has 0 saturated carbocycles. The van der Waals surface area contributed by atoms with Crippen molar-refractivity contribution in [2.45, 2.75) is 118 Å². The Balaban J connectivity index is 2.34. The van der Waals surface area contributed by atoms with Crippen molar-refractivity contribution in [3.8, 4) is 12.1 Å². The Hall–Kier alpha value is -3.42. The maximum Gasteiger partial charge on any atom is 0.121 e. The Morgan fingerprint density at radius 1 is 0.778 bits per heavy atom. The van der Waals surface area contributed by atoms with Crippen molar-refractivity contribution >= 4 is 22.7 Å². The van der Waals surface area contributed by atoms with Crippen molar-refractivity contribution in [1.82, 2.24) is 0 Å². The third-order valence-electron chi connectivity index (χ3n) is 8.74. The Labute approximate surface area is 274 Å². The summed E-state index contributed by atoms with van der Waals surface area (Å²) in [7, 11) is 1.90. The lowest BCUT2D eigenvalue weighted by molar-refractivity contribution is 0.117. The van der Waals surface area contributed by atoms with Crippen LogP contribution in [0.4, 0.5) is 22.7 Å². The average molecular weight is 615 g/mol. The predicted octanol–water partition coefficient (Wildman–Crippen LogP) is 11.2. The first-order chi connectivity index (χ1) is 22.0. The molecular weight excluding hydrogens is 556 g/mol. The summed E-state index contributed by atoms with van der Waals surface area (Å²) in [5.74, 6) is 1.32. The highest BCUT2D eigenvalue weighted by Crippen LogP contribution is 2.34. The molecule has 0 heterocycles. The fourth-order valence-electron chi connectivity index (χ4n) is 5.73. The average Bonchev–Trinajstić information content (AvgIpc) is 3.07. The van der Waals surface area contributed by atoms with Gasteiger partial charge in [-0.15, -0.1) is 10.2 Å². The fraction of sp³-hybridized carbons (Fsp3) is 0.632. The first kappa shape index (κ1) is 37.8. The van der Waals surface area contributed by atoms with Crippen molar-refractivity contribution in [2.75, 3.05) is 37.0 Å². The van der Waals surface area contributed by atoms with Gasteiger partial charge in [0.05, 0.1) is 23.4 Å². The second-order valence-electron chi connectivity index (χ2n) is 12.3. The Kier molecular flexibility index (Phi) is 18.6. The normalized spacial score (nSPS) is 12.5. The lowest BCUT2D eigenvalue weighted by Gasteiger charge is -2.33. The molecule has 2 atom stereocenters. The van der Waals surface area contributed by atoms with Gasteiger partial charge in [-0.05, 0) is 67.0 Å². The molecule has 0 aromatic heterocycles. The van der Waals surface area contributed by atoms with E-state index >= 15 is 0 Å². The largest absolute Gasteiger partial charge is 0.386 e. The smallest absolute Gasteiger partial charge is 0.121 e. The Morgan fingerprint density at radius 3 is 1.89 bits per heavy atom. The van der Waals surface area contributed by atoms with Gasteiger partial charge in [0.15, 0.2) is 0 Å². The molecule has 0 aliphatic carbocycles. The van der Waals surface area contributed by atoms with Crippen molar-refractivity contribution in [1.29, 1.82) is 10.5 Å². The highest BCUT2D eigenvalue weighted by Gasteiger charge is 2.19. The number of nitrogens with one attached hydrogen (secondary N) is 1. The molecule has 2 aromatic carbocycles. The minimum atomic E-state index is 0.294. The molecule has 0 amide bonds. The highest BCUT2D eigenvalue weighted by molar-refractivity contribution is 5.72. The maximum absolute atomic E-state index is 9.90. The quantitative estimate of drug-likeness (QED) is 0.0992. The predicted molar refractivity (Wildman–Crippen MR) is 189 cm³/mol. The van der Waals surface area contributed by atoms with E-state index in [0.29, 0.717) is 47.6 Å². The fourth-order valence-corrected chi connectivity index (χ4v) is 5.73. The number of hydrogen-bond acceptors (Lipinski definition) is 7. The molecule has 0 spiro atoms. The lowest BCUT2D eigenvalue weighted by Crippen LogP contribution is -2.34. The summed E-state index contributed by atoms with van der Waals surface area (Å²) in [5.41, 5.74) is 4.48. The highest BCUT2D eigenvalue weighted by atomic mass is 16.5. The van der Waals surface area contributed by atoms with Crippen LogP contribution in [0.5, 0.6) is 0 Å². The summed E-state index contributed by atoms with van der Waals surface area (Å²) in [5, 5.41) is 32.1. The van der Waals surface area contributed by atoms with Crippen molar-refractivity contribution < 1.29 is 4.74 Å². The van der Waals surface area contributed by atoms with Crippen LogP contribution < -0.4 is 10.2 Å². The number of rotatable bonds is 23. The number of nitrogens with zero attached hydrogens (tertiary/aromatic N) is 5. The van der Waals surface area contributed by atoms with Gasteiger partial charge in [-0.2, -0.15) is 10.5 Å². The maximum atomic E-state index is 9.90. The van der Waals surface area contributed by atoms with Crippen LogP contribution in [0.15, 0.2) is 40.6 Å². The van der Waals surface area contributed by atoms with E-state index in [4.69, 9.17) is 4.74 Å². The number of benzene rings is 2. The minimum Gasteiger partial charge on any atom is -0.386 e. The first-order valence-electron chi connectivity index (χ1n) is 17.5. The summed E-state index contributed by atoms with van der Waals surface area (Å²) in [6.45, 7) is 14.5. The third kappa shape index (κ3) is 12.8. The van der Waals surface area contributed by atoms with E-state index in [9.17, 15) is 10.5 Å². The second kappa shape index (κ2) is 22.1. The molecule has 0 bridgehead atoms. The van der Waals surface area contributed by atoms with E-state index in [1.807, 2.05) is 13.1 Å². The number of unbranched alkanes of at least 4 members (excludes halogenated alkanes) is 5. The molecule has 0 saturated heterocycles. The van der Waals surface area contributed by atoms with Gasteiger partial charge in [0, 0.05) is 32.4 Å². The number of anilines is 2. The molecule has 0 aliphatic heterocycles. The zero-order valence-electron chi connectivity index (χ0n) is 29.0. The summed E-state index contributed by atoms with van der Waals surface area (Å²) in [6, 6.07) is 14.2. The van der Waals surface area contributed by atoms with Crippen molar-refractivity contribution in [3.05, 3.63) is 47.0 Å². The van der Waals surface area contributed by atoms with E-state index in [1.54, 1.807) is 12.1 Å². The third-order valence-corrected chi connectivity index (χ3v) is 8.74. The Bertz CT molecular complexity index is 1190. The summed E-state index contributed by atoms with van der Waals surface area (Å²) in [4.78, 5) is 2.58. The second-order valence-corrected chi connectivity index (χ2v) is 12.3. The molecule has 7 heteroatoms. The molecular formula is C38H58N6O. The van der Waals surface area contributed by atoms with Gasteiger partial charge in [-0.25, -0.2) is 0 Å². The van der Waals surface area contributed by atoms with Crippen LogP contribution in [0.2, 0.25) is 0 Å². The van der Waals surface area contributed by atoms with Crippen LogP contribution in [0.1, 0.15) is 128 Å². The summed E-state index contributed by atoms with van der Waals surface area (Å²) in [6.07, 6.45) is 14.4. The SMILES string of the molecule is CCCCCCOCc1cc(C#N)c(N=Nc2ccc(N(CC(CC)CCCC)CC(CC)CCCC)cc2NC)c(C#N)c1. The number of hydrogen-bond donors (Lipinski definition) is 1. The molecule has 7 nitrogen and oxygen atoms in total. The van der Waals surface area contributed by atoms with Crippen LogP contribution in [-0.4, -0.2) is 26.7 Å². The number of azo groups is 1. The van der Waals surface area contributed by atoms with Gasteiger partial charge >= 0.3 is 0 Å². The molecule has 0 aliphatic rings. The zero-order chi connectivity index (χ0) is 32.9. The lowest BCUT2D eigenvalue weighted by atomic mass is 9.95. The topological polar surface area (TPSA) is 96.8 Å². The Morgan fingerprint density at radius 2 is 1.38 bits per heavy atom. The summed E-state index contributed by atoms with van der Waals surface area (Å²) >= 11 is 0. The molecule has 0 fully saturated rings. The molecule has 246 valence electrons. The van der Waals surface area contributed by atoms with Crippen LogP contribution in [-0.2, 0) is 11.3 Å². The monoisotopic (exact) mass is 614 g/mol. The molecule has 2 unspecified atom stereocenters. The zero-order valence-corrected chi connectivity index (χ0v) is 29.0. The first-order valence-corrected chi connectivity index (χ1v) is 17.5. The van der Waals surface area contributed by atoms with E-state index in [0.717, 1.165) is 37.2 Å². The van der Waals surface area contributed by atoms with Gasteiger partial charge in [0.2, 0.25) is 0 Å². The van der Waals surface area contributed by atoms with Gasteiger partial charge in [-0.3, -0.25) is 0 Å². The van der Waals surface area contributed by atoms with Crippen LogP contribution in [0.25, 0.3) is 0 Å². The van der Waals surface area contributed by atoms with Crippen LogP contribution in [0.3, 0.4) is 0 Å². The summed E-state index contributed by atoms with van der Waals surface area (Å²) < 4.78 is 5.81. The van der Waals surface area contributed by atoms with E-state index in [1.165, 1.54) is 69.9 Å². The number of nitriles is 2. The van der Waals surface area contributed by atoms with Gasteiger partial charge < -0.3 is 15.0 Å². The van der Waals surface area contributed by atoms with Crippen molar-refractivity contribution in [2.24, 2.45) is 22.1 Å². The molecule has 0 radical (unpaired) electrons. The van der Waals surface area contributed by atoms with E-state index in [-0.39, 0.29) is 0 Å². The van der Waals surface area contributed by atoms with Gasteiger partial charge in [-0.1, -0.05) is 92.4 Å².